The van der Waals surface area contributed by atoms with Crippen molar-refractivity contribution in [3.05, 3.63) is 0 Å². The van der Waals surface area contributed by atoms with E-state index in [1.165, 1.54) is 24.3 Å². The van der Waals surface area contributed by atoms with Crippen molar-refractivity contribution in [2.24, 2.45) is 0 Å². The second-order valence-corrected chi connectivity index (χ2v) is 5.13. The molecule has 12 heavy (non-hydrogen) atoms. The summed E-state index contributed by atoms with van der Waals surface area (Å²) < 4.78 is 5.35. The van der Waals surface area contributed by atoms with E-state index in [0.29, 0.717) is 5.54 Å². The predicted molar refractivity (Wildman–Crippen MR) is 52.7 cm³/mol. The van der Waals surface area contributed by atoms with Crippen molar-refractivity contribution in [3.63, 3.8) is 0 Å². The summed E-state index contributed by atoms with van der Waals surface area (Å²) in [4.78, 5) is 0. The lowest BCUT2D eigenvalue weighted by Crippen LogP contribution is -2.55. The molecule has 0 bridgehead atoms. The average Bonchev–Trinajstić information content (AvgIpc) is 1.99. The fourth-order valence-corrected chi connectivity index (χ4v) is 2.42. The van der Waals surface area contributed by atoms with Crippen molar-refractivity contribution in [3.8, 4) is 0 Å². The number of rotatable bonds is 2. The monoisotopic (exact) mass is 187 g/mol. The SMILES string of the molecule is CC1(NC2CSC2)CCOCC1. The lowest BCUT2D eigenvalue weighted by molar-refractivity contribution is 0.0422. The highest BCUT2D eigenvalue weighted by Crippen LogP contribution is 2.25. The molecule has 0 radical (unpaired) electrons. The van der Waals surface area contributed by atoms with Gasteiger partial charge in [0.05, 0.1) is 0 Å². The summed E-state index contributed by atoms with van der Waals surface area (Å²) in [6, 6.07) is 0.776. The van der Waals surface area contributed by atoms with Crippen LogP contribution in [0.5, 0.6) is 0 Å². The Balaban J connectivity index is 1.81. The van der Waals surface area contributed by atoms with Crippen LogP contribution in [0.15, 0.2) is 0 Å². The van der Waals surface area contributed by atoms with Gasteiger partial charge in [-0.05, 0) is 19.8 Å². The lowest BCUT2D eigenvalue weighted by Gasteiger charge is -2.40. The van der Waals surface area contributed by atoms with Crippen molar-refractivity contribution in [1.82, 2.24) is 5.32 Å². The van der Waals surface area contributed by atoms with E-state index in [9.17, 15) is 0 Å². The largest absolute Gasteiger partial charge is 0.381 e. The van der Waals surface area contributed by atoms with Crippen LogP contribution >= 0.6 is 11.8 Å². The maximum Gasteiger partial charge on any atom is 0.0483 e. The molecule has 70 valence electrons. The van der Waals surface area contributed by atoms with E-state index in [-0.39, 0.29) is 0 Å². The number of hydrogen-bond acceptors (Lipinski definition) is 3. The van der Waals surface area contributed by atoms with Crippen molar-refractivity contribution in [1.29, 1.82) is 0 Å². The van der Waals surface area contributed by atoms with Crippen LogP contribution in [0.25, 0.3) is 0 Å². The van der Waals surface area contributed by atoms with Crippen molar-refractivity contribution in [2.45, 2.75) is 31.3 Å². The fraction of sp³-hybridized carbons (Fsp3) is 1.00. The van der Waals surface area contributed by atoms with E-state index in [1.54, 1.807) is 0 Å². The number of thioether (sulfide) groups is 1. The van der Waals surface area contributed by atoms with Crippen LogP contribution in [0.3, 0.4) is 0 Å². The van der Waals surface area contributed by atoms with Crippen LogP contribution < -0.4 is 5.32 Å². The van der Waals surface area contributed by atoms with Crippen LogP contribution in [-0.4, -0.2) is 36.3 Å². The highest BCUT2D eigenvalue weighted by molar-refractivity contribution is 8.00. The summed E-state index contributed by atoms with van der Waals surface area (Å²) in [6.45, 7) is 4.20. The third-order valence-electron chi connectivity index (χ3n) is 2.79. The maximum atomic E-state index is 5.35. The molecule has 2 aliphatic rings. The van der Waals surface area contributed by atoms with Gasteiger partial charge in [0.1, 0.15) is 0 Å². The molecule has 2 fully saturated rings. The predicted octanol–water partition coefficient (Wildman–Crippen LogP) is 1.26. The number of ether oxygens (including phenoxy) is 1. The molecule has 2 heterocycles. The Morgan fingerprint density at radius 1 is 1.33 bits per heavy atom. The topological polar surface area (TPSA) is 21.3 Å². The molecular weight excluding hydrogens is 170 g/mol. The normalized spacial score (nSPS) is 29.8. The summed E-state index contributed by atoms with van der Waals surface area (Å²) in [6.07, 6.45) is 2.35. The van der Waals surface area contributed by atoms with Gasteiger partial charge in [0, 0.05) is 36.3 Å². The number of nitrogens with one attached hydrogen (secondary N) is 1. The highest BCUT2D eigenvalue weighted by atomic mass is 32.2. The van der Waals surface area contributed by atoms with Gasteiger partial charge >= 0.3 is 0 Å². The first kappa shape index (κ1) is 8.85. The maximum absolute atomic E-state index is 5.35. The molecule has 0 aromatic rings. The van der Waals surface area contributed by atoms with Gasteiger partial charge in [-0.1, -0.05) is 0 Å². The van der Waals surface area contributed by atoms with Gasteiger partial charge in [-0.15, -0.1) is 0 Å². The molecule has 0 aromatic carbocycles. The Labute approximate surface area is 78.4 Å². The first-order chi connectivity index (χ1) is 5.79. The Morgan fingerprint density at radius 3 is 2.50 bits per heavy atom. The fourth-order valence-electron chi connectivity index (χ4n) is 1.78. The molecule has 0 aromatic heterocycles. The molecule has 0 spiro atoms. The Bertz CT molecular complexity index is 153. The van der Waals surface area contributed by atoms with Gasteiger partial charge in [0.25, 0.3) is 0 Å². The van der Waals surface area contributed by atoms with Crippen molar-refractivity contribution < 1.29 is 4.74 Å². The van der Waals surface area contributed by atoms with E-state index in [4.69, 9.17) is 4.74 Å². The zero-order valence-electron chi connectivity index (χ0n) is 7.64. The summed E-state index contributed by atoms with van der Waals surface area (Å²) in [5.41, 5.74) is 0.365. The van der Waals surface area contributed by atoms with Gasteiger partial charge in [-0.2, -0.15) is 11.8 Å². The third kappa shape index (κ3) is 1.95. The van der Waals surface area contributed by atoms with Crippen LogP contribution in [-0.2, 0) is 4.74 Å². The van der Waals surface area contributed by atoms with Gasteiger partial charge in [-0.25, -0.2) is 0 Å². The zero-order valence-corrected chi connectivity index (χ0v) is 8.45. The van der Waals surface area contributed by atoms with E-state index in [2.05, 4.69) is 12.2 Å². The van der Waals surface area contributed by atoms with Crippen LogP contribution in [0.1, 0.15) is 19.8 Å². The Kier molecular flexibility index (Phi) is 2.63. The minimum Gasteiger partial charge on any atom is -0.381 e. The minimum atomic E-state index is 0.365. The molecule has 2 aliphatic heterocycles. The van der Waals surface area contributed by atoms with Gasteiger partial charge in [0.15, 0.2) is 0 Å². The van der Waals surface area contributed by atoms with E-state index in [0.717, 1.165) is 19.3 Å². The molecule has 0 amide bonds. The second-order valence-electron chi connectivity index (χ2n) is 4.05. The average molecular weight is 187 g/mol. The Morgan fingerprint density at radius 2 is 2.00 bits per heavy atom. The Hall–Kier alpha value is 0.270. The smallest absolute Gasteiger partial charge is 0.0483 e. The van der Waals surface area contributed by atoms with E-state index < -0.39 is 0 Å². The third-order valence-corrected chi connectivity index (χ3v) is 4.06. The molecule has 3 heteroatoms. The summed E-state index contributed by atoms with van der Waals surface area (Å²) >= 11 is 2.04. The molecule has 2 saturated heterocycles. The van der Waals surface area contributed by atoms with Crippen LogP contribution in [0.4, 0.5) is 0 Å². The summed E-state index contributed by atoms with van der Waals surface area (Å²) in [5.74, 6) is 2.60. The van der Waals surface area contributed by atoms with E-state index in [1.807, 2.05) is 11.8 Å². The summed E-state index contributed by atoms with van der Waals surface area (Å²) in [5, 5.41) is 3.73. The molecule has 2 nitrogen and oxygen atoms in total. The summed E-state index contributed by atoms with van der Waals surface area (Å²) in [7, 11) is 0. The van der Waals surface area contributed by atoms with Crippen molar-refractivity contribution in [2.75, 3.05) is 24.7 Å². The first-order valence-electron chi connectivity index (χ1n) is 4.72. The highest BCUT2D eigenvalue weighted by Gasteiger charge is 2.31. The lowest BCUT2D eigenvalue weighted by atomic mass is 9.92. The van der Waals surface area contributed by atoms with Gasteiger partial charge in [0.2, 0.25) is 0 Å². The van der Waals surface area contributed by atoms with Crippen LogP contribution in [0.2, 0.25) is 0 Å². The quantitative estimate of drug-likeness (QED) is 0.703. The standard InChI is InChI=1S/C9H17NOS/c1-9(2-4-11-5-3-9)10-8-6-12-7-8/h8,10H,2-7H2,1H3. The molecule has 0 aliphatic carbocycles. The van der Waals surface area contributed by atoms with Gasteiger partial charge < -0.3 is 10.1 Å². The first-order valence-corrected chi connectivity index (χ1v) is 5.87. The molecule has 1 N–H and O–H groups in total. The molecule has 0 unspecified atom stereocenters. The minimum absolute atomic E-state index is 0.365. The molecule has 2 rings (SSSR count). The number of hydrogen-bond donors (Lipinski definition) is 1. The van der Waals surface area contributed by atoms with E-state index >= 15 is 0 Å². The molecular formula is C9H17NOS. The van der Waals surface area contributed by atoms with Gasteiger partial charge in [-0.3, -0.25) is 0 Å². The van der Waals surface area contributed by atoms with Crippen LogP contribution in [0, 0.1) is 0 Å². The zero-order chi connectivity index (χ0) is 8.44. The molecule has 0 saturated carbocycles. The second kappa shape index (κ2) is 3.56. The van der Waals surface area contributed by atoms with Crippen molar-refractivity contribution >= 4 is 11.8 Å². The molecule has 0 atom stereocenters.